The fourth-order valence-electron chi connectivity index (χ4n) is 2.32. The number of anilines is 5. The van der Waals surface area contributed by atoms with Crippen LogP contribution in [0, 0.1) is 0 Å². The molecule has 0 spiro atoms. The summed E-state index contributed by atoms with van der Waals surface area (Å²) in [5.41, 5.74) is 1.12. The van der Waals surface area contributed by atoms with Crippen molar-refractivity contribution < 1.29 is 18.1 Å². The zero-order valence-corrected chi connectivity index (χ0v) is 16.3. The van der Waals surface area contributed by atoms with Crippen molar-refractivity contribution in [1.29, 1.82) is 0 Å². The molecule has 13 heteroatoms. The van der Waals surface area contributed by atoms with Crippen LogP contribution in [-0.2, 0) is 10.1 Å². The van der Waals surface area contributed by atoms with E-state index in [1.165, 1.54) is 18.2 Å². The molecule has 0 aliphatic heterocycles. The summed E-state index contributed by atoms with van der Waals surface area (Å²) in [6, 6.07) is 14.9. The Kier molecular flexibility index (Phi) is 11.4. The van der Waals surface area contributed by atoms with Gasteiger partial charge in [0.05, 0.1) is 11.0 Å². The molecule has 156 valence electrons. The molecular weight excluding hydrogens is 442 g/mol. The zero-order chi connectivity index (χ0) is 20.9. The maximum absolute atomic E-state index is 11.3. The Morgan fingerprint density at radius 1 is 0.871 bits per heavy atom. The Labute approximate surface area is 224 Å². The number of aliphatic hydroxyl groups is 1. The standard InChI is InChI=1S/C18H20N6O4S.2Na.2H/c1-12(25)11-19-16-22-17(20-13-6-3-2-4-7-13)24-18(23-16)21-14-8-5-9-15(10-14)29(26,27)28;;;;/h2-10,12,25H,11H2,1H3,(H,26,27,28)(H3,19,20,21,22,23,24);;;;. The van der Waals surface area contributed by atoms with Crippen LogP contribution < -0.4 is 16.0 Å². The van der Waals surface area contributed by atoms with Crippen molar-refractivity contribution in [3.05, 3.63) is 54.6 Å². The SMILES string of the molecule is CC(O)CNc1nc(Nc2ccccc2)nc(Nc2cccc(S(=O)(=O)O)c2)n1.[NaH].[NaH]. The van der Waals surface area contributed by atoms with E-state index in [1.54, 1.807) is 13.0 Å². The molecule has 0 saturated heterocycles. The van der Waals surface area contributed by atoms with Crippen molar-refractivity contribution in [2.45, 2.75) is 17.9 Å². The van der Waals surface area contributed by atoms with Crippen molar-refractivity contribution in [1.82, 2.24) is 15.0 Å². The first-order chi connectivity index (χ1) is 13.8. The Morgan fingerprint density at radius 3 is 2.00 bits per heavy atom. The molecule has 0 aliphatic carbocycles. The molecule has 1 atom stereocenters. The van der Waals surface area contributed by atoms with Gasteiger partial charge in [-0.1, -0.05) is 24.3 Å². The van der Waals surface area contributed by atoms with Crippen LogP contribution in [0.15, 0.2) is 59.5 Å². The van der Waals surface area contributed by atoms with Gasteiger partial charge in [-0.25, -0.2) is 0 Å². The molecule has 1 heterocycles. The van der Waals surface area contributed by atoms with E-state index in [2.05, 4.69) is 30.9 Å². The van der Waals surface area contributed by atoms with Crippen molar-refractivity contribution in [2.75, 3.05) is 22.5 Å². The van der Waals surface area contributed by atoms with Crippen LogP contribution in [0.3, 0.4) is 0 Å². The van der Waals surface area contributed by atoms with Crippen LogP contribution in [0.25, 0.3) is 0 Å². The van der Waals surface area contributed by atoms with Gasteiger partial charge in [-0.2, -0.15) is 23.4 Å². The van der Waals surface area contributed by atoms with Crippen molar-refractivity contribution in [3.63, 3.8) is 0 Å². The molecular formula is C18H22N6Na2O4S. The molecule has 0 saturated carbocycles. The summed E-state index contributed by atoms with van der Waals surface area (Å²) in [6.07, 6.45) is -0.611. The summed E-state index contributed by atoms with van der Waals surface area (Å²) in [5, 5.41) is 18.3. The van der Waals surface area contributed by atoms with Crippen LogP contribution >= 0.6 is 0 Å². The molecule has 31 heavy (non-hydrogen) atoms. The molecule has 0 amide bonds. The third-order valence-corrected chi connectivity index (χ3v) is 4.46. The molecule has 0 aliphatic rings. The predicted molar refractivity (Wildman–Crippen MR) is 124 cm³/mol. The van der Waals surface area contributed by atoms with E-state index in [9.17, 15) is 18.1 Å². The molecule has 0 radical (unpaired) electrons. The van der Waals surface area contributed by atoms with Crippen LogP contribution in [-0.4, -0.2) is 105 Å². The number of nitrogens with zero attached hydrogens (tertiary/aromatic N) is 3. The summed E-state index contributed by atoms with van der Waals surface area (Å²) in [7, 11) is -4.34. The average Bonchev–Trinajstić information content (AvgIpc) is 2.67. The normalized spacial score (nSPS) is 11.5. The monoisotopic (exact) mass is 464 g/mol. The third kappa shape index (κ3) is 9.00. The Morgan fingerprint density at radius 2 is 1.42 bits per heavy atom. The quantitative estimate of drug-likeness (QED) is 0.242. The molecule has 3 aromatic rings. The van der Waals surface area contributed by atoms with Crippen molar-refractivity contribution >= 4 is 98.5 Å². The van der Waals surface area contributed by atoms with E-state index in [0.717, 1.165) is 5.69 Å². The molecule has 10 nitrogen and oxygen atoms in total. The second kappa shape index (κ2) is 12.7. The fraction of sp³-hybridized carbons (Fsp3) is 0.167. The molecule has 5 N–H and O–H groups in total. The van der Waals surface area contributed by atoms with E-state index in [4.69, 9.17) is 0 Å². The van der Waals surface area contributed by atoms with E-state index >= 15 is 0 Å². The molecule has 1 unspecified atom stereocenters. The van der Waals surface area contributed by atoms with Gasteiger partial charge >= 0.3 is 59.1 Å². The van der Waals surface area contributed by atoms with Gasteiger partial charge in [-0.05, 0) is 37.3 Å². The van der Waals surface area contributed by atoms with Crippen LogP contribution in [0.4, 0.5) is 29.2 Å². The van der Waals surface area contributed by atoms with Crippen molar-refractivity contribution in [2.24, 2.45) is 0 Å². The zero-order valence-electron chi connectivity index (χ0n) is 15.4. The van der Waals surface area contributed by atoms with Gasteiger partial charge in [0.25, 0.3) is 10.1 Å². The number of aliphatic hydroxyl groups excluding tert-OH is 1. The van der Waals surface area contributed by atoms with Crippen LogP contribution in [0.5, 0.6) is 0 Å². The van der Waals surface area contributed by atoms with E-state index in [1.807, 2.05) is 30.3 Å². The van der Waals surface area contributed by atoms with Gasteiger partial charge < -0.3 is 21.1 Å². The summed E-state index contributed by atoms with van der Waals surface area (Å²) >= 11 is 0. The summed E-state index contributed by atoms with van der Waals surface area (Å²) < 4.78 is 31.9. The predicted octanol–water partition coefficient (Wildman–Crippen LogP) is 1.10. The molecule has 0 fully saturated rings. The van der Waals surface area contributed by atoms with Gasteiger partial charge in [0.1, 0.15) is 0 Å². The number of aromatic nitrogens is 3. The topological polar surface area (TPSA) is 149 Å². The van der Waals surface area contributed by atoms with Gasteiger partial charge in [0.15, 0.2) is 0 Å². The van der Waals surface area contributed by atoms with E-state index < -0.39 is 16.2 Å². The number of benzene rings is 2. The maximum atomic E-state index is 11.3. The third-order valence-electron chi connectivity index (χ3n) is 3.61. The Bertz CT molecular complexity index is 1090. The number of hydrogen-bond acceptors (Lipinski definition) is 9. The van der Waals surface area contributed by atoms with Gasteiger partial charge in [-0.3, -0.25) is 4.55 Å². The molecule has 3 rings (SSSR count). The Balaban J connectivity index is 0.00000240. The van der Waals surface area contributed by atoms with Gasteiger partial charge in [0, 0.05) is 17.9 Å². The van der Waals surface area contributed by atoms with Gasteiger partial charge in [-0.15, -0.1) is 0 Å². The number of rotatable bonds is 8. The summed E-state index contributed by atoms with van der Waals surface area (Å²) in [5.74, 6) is 0.597. The van der Waals surface area contributed by atoms with Crippen LogP contribution in [0.2, 0.25) is 0 Å². The molecule has 0 bridgehead atoms. The van der Waals surface area contributed by atoms with Crippen molar-refractivity contribution in [3.8, 4) is 0 Å². The number of nitrogens with one attached hydrogen (secondary N) is 3. The van der Waals surface area contributed by atoms with E-state index in [-0.39, 0.29) is 88.4 Å². The number of hydrogen-bond donors (Lipinski definition) is 5. The first-order valence-corrected chi connectivity index (χ1v) is 10.1. The van der Waals surface area contributed by atoms with Gasteiger partial charge in [0.2, 0.25) is 17.8 Å². The summed E-state index contributed by atoms with van der Waals surface area (Å²) in [4.78, 5) is 12.5. The second-order valence-electron chi connectivity index (χ2n) is 6.16. The van der Waals surface area contributed by atoms with E-state index in [0.29, 0.717) is 5.69 Å². The second-order valence-corrected chi connectivity index (χ2v) is 7.58. The first-order valence-electron chi connectivity index (χ1n) is 8.64. The van der Waals surface area contributed by atoms with Crippen LogP contribution in [0.1, 0.15) is 6.92 Å². The molecule has 1 aromatic heterocycles. The number of para-hydroxylation sites is 1. The fourth-order valence-corrected chi connectivity index (χ4v) is 2.85. The molecule has 2 aromatic carbocycles. The summed E-state index contributed by atoms with van der Waals surface area (Å²) in [6.45, 7) is 1.85. The minimum absolute atomic E-state index is 0. The average molecular weight is 464 g/mol. The minimum atomic E-state index is -4.34. The Hall–Kier alpha value is -1.28. The first kappa shape index (κ1) is 27.8.